The van der Waals surface area contributed by atoms with Gasteiger partial charge in [0.05, 0.1) is 13.2 Å². The van der Waals surface area contributed by atoms with Crippen LogP contribution in [0.1, 0.15) is 16.7 Å². The Balaban J connectivity index is 1.79. The van der Waals surface area contributed by atoms with Crippen molar-refractivity contribution in [3.8, 4) is 5.75 Å². The molecule has 0 bridgehead atoms. The van der Waals surface area contributed by atoms with Gasteiger partial charge < -0.3 is 9.30 Å². The highest BCUT2D eigenvalue weighted by Crippen LogP contribution is 2.34. The fraction of sp³-hybridized carbons (Fsp3) is 0.222. The van der Waals surface area contributed by atoms with Gasteiger partial charge in [-0.3, -0.25) is 0 Å². The van der Waals surface area contributed by atoms with E-state index in [9.17, 15) is 0 Å². The van der Waals surface area contributed by atoms with Crippen LogP contribution in [0.15, 0.2) is 47.1 Å². The third-order valence-electron chi connectivity index (χ3n) is 4.09. The Hall–Kier alpha value is -1.74. The number of aromatic nitrogens is 1. The highest BCUT2D eigenvalue weighted by atomic mass is 79.9. The van der Waals surface area contributed by atoms with E-state index in [0.29, 0.717) is 0 Å². The number of halogens is 1. The SMILES string of the molecule is Cc1ccc2c(ccn2Cc2cc(Br)cc3c2OCC3)c1. The largest absolute Gasteiger partial charge is 0.493 e. The minimum Gasteiger partial charge on any atom is -0.493 e. The van der Waals surface area contributed by atoms with Crippen molar-refractivity contribution in [2.45, 2.75) is 19.9 Å². The van der Waals surface area contributed by atoms with Crippen molar-refractivity contribution in [2.75, 3.05) is 6.61 Å². The van der Waals surface area contributed by atoms with E-state index in [1.165, 1.54) is 27.6 Å². The third kappa shape index (κ3) is 2.26. The molecule has 0 aliphatic carbocycles. The van der Waals surface area contributed by atoms with Gasteiger partial charge in [-0.25, -0.2) is 0 Å². The summed E-state index contributed by atoms with van der Waals surface area (Å²) < 4.78 is 9.25. The van der Waals surface area contributed by atoms with Gasteiger partial charge in [0, 0.05) is 28.2 Å². The lowest BCUT2D eigenvalue weighted by Crippen LogP contribution is -2.00. The van der Waals surface area contributed by atoms with Crippen molar-refractivity contribution in [1.82, 2.24) is 4.57 Å². The topological polar surface area (TPSA) is 14.2 Å². The molecule has 0 saturated carbocycles. The lowest BCUT2D eigenvalue weighted by molar-refractivity contribution is 0.353. The number of aryl methyl sites for hydroxylation is 1. The van der Waals surface area contributed by atoms with Crippen molar-refractivity contribution in [3.63, 3.8) is 0 Å². The normalized spacial score (nSPS) is 13.4. The zero-order chi connectivity index (χ0) is 14.4. The number of hydrogen-bond donors (Lipinski definition) is 0. The standard InChI is InChI=1S/C18H16BrNO/c1-12-2-3-17-13(8-12)4-6-20(17)11-15-10-16(19)9-14-5-7-21-18(14)15/h2-4,6,8-10H,5,7,11H2,1H3. The Morgan fingerprint density at radius 2 is 2.10 bits per heavy atom. The summed E-state index contributed by atoms with van der Waals surface area (Å²) in [6.07, 6.45) is 3.17. The molecule has 1 aliphatic heterocycles. The van der Waals surface area contributed by atoms with Gasteiger partial charge in [-0.05, 0) is 48.2 Å². The highest BCUT2D eigenvalue weighted by molar-refractivity contribution is 9.10. The van der Waals surface area contributed by atoms with E-state index in [1.807, 2.05) is 0 Å². The Morgan fingerprint density at radius 3 is 3.00 bits per heavy atom. The summed E-state index contributed by atoms with van der Waals surface area (Å²) in [7, 11) is 0. The van der Waals surface area contributed by atoms with E-state index in [0.717, 1.165) is 29.8 Å². The molecule has 0 atom stereocenters. The molecule has 0 radical (unpaired) electrons. The number of nitrogens with zero attached hydrogens (tertiary/aromatic N) is 1. The van der Waals surface area contributed by atoms with Crippen LogP contribution in [0.3, 0.4) is 0 Å². The molecular formula is C18H16BrNO. The molecule has 0 fully saturated rings. The van der Waals surface area contributed by atoms with Crippen LogP contribution in [0.5, 0.6) is 5.75 Å². The van der Waals surface area contributed by atoms with Crippen LogP contribution in [-0.2, 0) is 13.0 Å². The number of fused-ring (bicyclic) bond motifs is 2. The summed E-state index contributed by atoms with van der Waals surface area (Å²) in [5.74, 6) is 1.08. The summed E-state index contributed by atoms with van der Waals surface area (Å²) in [5, 5.41) is 1.29. The lowest BCUT2D eigenvalue weighted by atomic mass is 10.1. The molecule has 21 heavy (non-hydrogen) atoms. The smallest absolute Gasteiger partial charge is 0.127 e. The minimum absolute atomic E-state index is 0.796. The molecule has 2 aromatic carbocycles. The summed E-state index contributed by atoms with van der Waals surface area (Å²) in [5.41, 5.74) is 5.13. The van der Waals surface area contributed by atoms with E-state index in [1.54, 1.807) is 0 Å². The van der Waals surface area contributed by atoms with Gasteiger partial charge in [0.1, 0.15) is 5.75 Å². The van der Waals surface area contributed by atoms with Crippen LogP contribution in [-0.4, -0.2) is 11.2 Å². The molecule has 1 aliphatic rings. The van der Waals surface area contributed by atoms with Crippen molar-refractivity contribution in [2.24, 2.45) is 0 Å². The average Bonchev–Trinajstić information content (AvgIpc) is 3.05. The molecule has 1 aromatic heterocycles. The Bertz CT molecular complexity index is 835. The van der Waals surface area contributed by atoms with E-state index in [2.05, 4.69) is 70.0 Å². The summed E-state index contributed by atoms with van der Waals surface area (Å²) in [6, 6.07) is 13.1. The zero-order valence-corrected chi connectivity index (χ0v) is 13.5. The van der Waals surface area contributed by atoms with E-state index >= 15 is 0 Å². The second-order valence-corrected chi connectivity index (χ2v) is 6.57. The van der Waals surface area contributed by atoms with E-state index < -0.39 is 0 Å². The molecule has 0 saturated heterocycles. The molecule has 0 spiro atoms. The molecule has 4 rings (SSSR count). The Kier molecular flexibility index (Phi) is 3.03. The van der Waals surface area contributed by atoms with Crippen LogP contribution < -0.4 is 4.74 Å². The Labute approximate surface area is 132 Å². The molecule has 106 valence electrons. The van der Waals surface area contributed by atoms with Crippen molar-refractivity contribution < 1.29 is 4.74 Å². The van der Waals surface area contributed by atoms with Crippen LogP contribution in [0.2, 0.25) is 0 Å². The maximum absolute atomic E-state index is 5.83. The Morgan fingerprint density at radius 1 is 1.19 bits per heavy atom. The van der Waals surface area contributed by atoms with E-state index in [-0.39, 0.29) is 0 Å². The van der Waals surface area contributed by atoms with Crippen molar-refractivity contribution in [1.29, 1.82) is 0 Å². The van der Waals surface area contributed by atoms with Gasteiger partial charge >= 0.3 is 0 Å². The number of rotatable bonds is 2. The maximum Gasteiger partial charge on any atom is 0.127 e. The van der Waals surface area contributed by atoms with Crippen LogP contribution in [0, 0.1) is 6.92 Å². The van der Waals surface area contributed by atoms with Crippen molar-refractivity contribution in [3.05, 3.63) is 63.8 Å². The minimum atomic E-state index is 0.796. The molecule has 0 unspecified atom stereocenters. The first-order valence-corrected chi connectivity index (χ1v) is 7.99. The molecule has 0 amide bonds. The predicted octanol–water partition coefficient (Wildman–Crippen LogP) is 4.70. The van der Waals surface area contributed by atoms with Crippen LogP contribution >= 0.6 is 15.9 Å². The lowest BCUT2D eigenvalue weighted by Gasteiger charge is -2.11. The van der Waals surface area contributed by atoms with Crippen LogP contribution in [0.25, 0.3) is 10.9 Å². The zero-order valence-electron chi connectivity index (χ0n) is 11.9. The second kappa shape index (κ2) is 4.92. The second-order valence-electron chi connectivity index (χ2n) is 5.66. The van der Waals surface area contributed by atoms with Gasteiger partial charge in [-0.1, -0.05) is 27.6 Å². The molecule has 0 N–H and O–H groups in total. The van der Waals surface area contributed by atoms with Gasteiger partial charge in [-0.2, -0.15) is 0 Å². The number of ether oxygens (including phenoxy) is 1. The first-order valence-electron chi connectivity index (χ1n) is 7.20. The fourth-order valence-electron chi connectivity index (χ4n) is 3.10. The summed E-state index contributed by atoms with van der Waals surface area (Å²) in [6.45, 7) is 3.77. The van der Waals surface area contributed by atoms with Gasteiger partial charge in [0.15, 0.2) is 0 Å². The highest BCUT2D eigenvalue weighted by Gasteiger charge is 2.18. The third-order valence-corrected chi connectivity index (χ3v) is 4.55. The summed E-state index contributed by atoms with van der Waals surface area (Å²) in [4.78, 5) is 0. The van der Waals surface area contributed by atoms with Crippen LogP contribution in [0.4, 0.5) is 0 Å². The molecular weight excluding hydrogens is 326 g/mol. The summed E-state index contributed by atoms with van der Waals surface area (Å²) >= 11 is 3.61. The molecule has 2 heterocycles. The first-order chi connectivity index (χ1) is 10.2. The predicted molar refractivity (Wildman–Crippen MR) is 89.1 cm³/mol. The monoisotopic (exact) mass is 341 g/mol. The maximum atomic E-state index is 5.83. The van der Waals surface area contributed by atoms with Gasteiger partial charge in [-0.15, -0.1) is 0 Å². The molecule has 3 heteroatoms. The number of benzene rings is 2. The number of hydrogen-bond acceptors (Lipinski definition) is 1. The van der Waals surface area contributed by atoms with Crippen molar-refractivity contribution >= 4 is 26.8 Å². The first kappa shape index (κ1) is 13.0. The molecule has 3 aromatic rings. The van der Waals surface area contributed by atoms with Gasteiger partial charge in [0.2, 0.25) is 0 Å². The average molecular weight is 342 g/mol. The van der Waals surface area contributed by atoms with E-state index in [4.69, 9.17) is 4.74 Å². The van der Waals surface area contributed by atoms with Gasteiger partial charge in [0.25, 0.3) is 0 Å². The fourth-order valence-corrected chi connectivity index (χ4v) is 3.66. The molecule has 2 nitrogen and oxygen atoms in total. The quantitative estimate of drug-likeness (QED) is 0.659.